The van der Waals surface area contributed by atoms with Crippen molar-refractivity contribution in [2.45, 2.75) is 25.3 Å². The van der Waals surface area contributed by atoms with Gasteiger partial charge in [-0.05, 0) is 46.1 Å². The SMILES string of the molecule is Cl.FC1(F)CC1COc1ccc2c(c1Br)CCNC2. The smallest absolute Gasteiger partial charge is 0.255 e. The Bertz CT molecular complexity index is 484. The lowest BCUT2D eigenvalue weighted by molar-refractivity contribution is 0.0855. The summed E-state index contributed by atoms with van der Waals surface area (Å²) in [5.41, 5.74) is 2.48. The largest absolute Gasteiger partial charge is 0.492 e. The number of alkyl halides is 2. The molecule has 0 bridgehead atoms. The van der Waals surface area contributed by atoms with Crippen LogP contribution in [0.2, 0.25) is 0 Å². The predicted molar refractivity (Wildman–Crippen MR) is 75.3 cm³/mol. The molecule has 1 aromatic rings. The van der Waals surface area contributed by atoms with Gasteiger partial charge < -0.3 is 10.1 Å². The molecule has 0 amide bonds. The van der Waals surface area contributed by atoms with Crippen molar-refractivity contribution in [3.8, 4) is 5.75 Å². The van der Waals surface area contributed by atoms with E-state index in [0.29, 0.717) is 5.75 Å². The maximum Gasteiger partial charge on any atom is 0.255 e. The molecule has 0 radical (unpaired) electrons. The van der Waals surface area contributed by atoms with E-state index in [2.05, 4.69) is 21.2 Å². The topological polar surface area (TPSA) is 21.3 Å². The van der Waals surface area contributed by atoms with Gasteiger partial charge in [0, 0.05) is 13.0 Å². The molecule has 1 aliphatic carbocycles. The Morgan fingerprint density at radius 2 is 2.16 bits per heavy atom. The third kappa shape index (κ3) is 3.03. The highest BCUT2D eigenvalue weighted by molar-refractivity contribution is 9.10. The molecule has 1 atom stereocenters. The van der Waals surface area contributed by atoms with E-state index in [4.69, 9.17) is 4.74 Å². The van der Waals surface area contributed by atoms with Crippen LogP contribution < -0.4 is 10.1 Å². The molecule has 1 aliphatic heterocycles. The van der Waals surface area contributed by atoms with Gasteiger partial charge in [0.2, 0.25) is 0 Å². The molecular weight excluding hydrogens is 340 g/mol. The Morgan fingerprint density at radius 3 is 2.84 bits per heavy atom. The van der Waals surface area contributed by atoms with Crippen molar-refractivity contribution in [2.24, 2.45) is 5.92 Å². The first-order chi connectivity index (χ1) is 8.58. The number of hydrogen-bond donors (Lipinski definition) is 1. The van der Waals surface area contributed by atoms with Crippen LogP contribution in [0, 0.1) is 5.92 Å². The molecule has 3 rings (SSSR count). The molecule has 1 N–H and O–H groups in total. The zero-order valence-corrected chi connectivity index (χ0v) is 12.6. The molecule has 1 fully saturated rings. The normalized spacial score (nSPS) is 23.2. The van der Waals surface area contributed by atoms with Gasteiger partial charge in [0.25, 0.3) is 5.92 Å². The molecule has 106 valence electrons. The summed E-state index contributed by atoms with van der Waals surface area (Å²) in [5.74, 6) is -2.44. The maximum absolute atomic E-state index is 12.8. The fourth-order valence-corrected chi connectivity index (χ4v) is 2.96. The van der Waals surface area contributed by atoms with Gasteiger partial charge in [-0.15, -0.1) is 12.4 Å². The number of fused-ring (bicyclic) bond motifs is 1. The lowest BCUT2D eigenvalue weighted by Gasteiger charge is -2.20. The third-order valence-corrected chi connectivity index (χ3v) is 4.44. The van der Waals surface area contributed by atoms with E-state index in [1.54, 1.807) is 0 Å². The van der Waals surface area contributed by atoms with Crippen molar-refractivity contribution in [3.63, 3.8) is 0 Å². The van der Waals surface area contributed by atoms with Crippen LogP contribution in [0.3, 0.4) is 0 Å². The van der Waals surface area contributed by atoms with E-state index in [0.717, 1.165) is 24.0 Å². The fraction of sp³-hybridized carbons (Fsp3) is 0.538. The van der Waals surface area contributed by atoms with Crippen molar-refractivity contribution < 1.29 is 13.5 Å². The first-order valence-corrected chi connectivity index (χ1v) is 6.89. The van der Waals surface area contributed by atoms with Gasteiger partial charge in [-0.1, -0.05) is 6.07 Å². The third-order valence-electron chi connectivity index (χ3n) is 3.57. The van der Waals surface area contributed by atoms with Crippen molar-refractivity contribution in [1.29, 1.82) is 0 Å². The van der Waals surface area contributed by atoms with Gasteiger partial charge in [0.05, 0.1) is 17.0 Å². The number of benzene rings is 1. The van der Waals surface area contributed by atoms with Gasteiger partial charge in [-0.3, -0.25) is 0 Å². The molecule has 0 saturated heterocycles. The van der Waals surface area contributed by atoms with Gasteiger partial charge in [0.1, 0.15) is 5.75 Å². The maximum atomic E-state index is 12.8. The highest BCUT2D eigenvalue weighted by atomic mass is 79.9. The minimum absolute atomic E-state index is 0. The predicted octanol–water partition coefficient (Wildman–Crippen LogP) is 3.55. The molecule has 2 nitrogen and oxygen atoms in total. The molecule has 1 unspecified atom stereocenters. The van der Waals surface area contributed by atoms with Crippen LogP contribution in [0.1, 0.15) is 17.5 Å². The van der Waals surface area contributed by atoms with Crippen molar-refractivity contribution in [1.82, 2.24) is 5.32 Å². The van der Waals surface area contributed by atoms with E-state index < -0.39 is 11.8 Å². The quantitative estimate of drug-likeness (QED) is 0.896. The van der Waals surface area contributed by atoms with Gasteiger partial charge in [0.15, 0.2) is 0 Å². The van der Waals surface area contributed by atoms with Crippen LogP contribution in [0.5, 0.6) is 5.75 Å². The fourth-order valence-electron chi connectivity index (χ4n) is 2.26. The zero-order chi connectivity index (χ0) is 12.8. The Labute approximate surface area is 125 Å². The van der Waals surface area contributed by atoms with Crippen molar-refractivity contribution >= 4 is 28.3 Å². The lowest BCUT2D eigenvalue weighted by Crippen LogP contribution is -2.24. The highest BCUT2D eigenvalue weighted by Crippen LogP contribution is 2.48. The van der Waals surface area contributed by atoms with Gasteiger partial charge >= 0.3 is 0 Å². The Hall–Kier alpha value is -0.390. The van der Waals surface area contributed by atoms with Crippen LogP contribution in [0.15, 0.2) is 16.6 Å². The summed E-state index contributed by atoms with van der Waals surface area (Å²) in [6, 6.07) is 3.86. The van der Waals surface area contributed by atoms with Crippen LogP contribution in [-0.4, -0.2) is 19.1 Å². The van der Waals surface area contributed by atoms with Crippen LogP contribution in [0.4, 0.5) is 8.78 Å². The van der Waals surface area contributed by atoms with E-state index in [9.17, 15) is 8.78 Å². The van der Waals surface area contributed by atoms with Crippen LogP contribution in [-0.2, 0) is 13.0 Å². The molecule has 1 heterocycles. The minimum Gasteiger partial charge on any atom is -0.492 e. The average molecular weight is 355 g/mol. The van der Waals surface area contributed by atoms with E-state index >= 15 is 0 Å². The summed E-state index contributed by atoms with van der Waals surface area (Å²) in [6.07, 6.45) is 0.895. The minimum atomic E-state index is -2.51. The van der Waals surface area contributed by atoms with E-state index in [-0.39, 0.29) is 25.4 Å². The van der Waals surface area contributed by atoms with Crippen LogP contribution >= 0.6 is 28.3 Å². The molecule has 1 aromatic carbocycles. The van der Waals surface area contributed by atoms with E-state index in [1.807, 2.05) is 12.1 Å². The summed E-state index contributed by atoms with van der Waals surface area (Å²) < 4.78 is 32.0. The van der Waals surface area contributed by atoms with Gasteiger partial charge in [-0.25, -0.2) is 8.78 Å². The number of hydrogen-bond acceptors (Lipinski definition) is 2. The average Bonchev–Trinajstić information content (AvgIpc) is 2.97. The number of rotatable bonds is 3. The molecule has 6 heteroatoms. The van der Waals surface area contributed by atoms with Gasteiger partial charge in [-0.2, -0.15) is 0 Å². The zero-order valence-electron chi connectivity index (χ0n) is 10.2. The molecule has 1 saturated carbocycles. The molecule has 0 aromatic heterocycles. The number of halogens is 4. The Kier molecular flexibility index (Phi) is 4.38. The Balaban J connectivity index is 0.00000133. The summed E-state index contributed by atoms with van der Waals surface area (Å²) in [7, 11) is 0. The summed E-state index contributed by atoms with van der Waals surface area (Å²) in [5, 5.41) is 3.30. The second kappa shape index (κ2) is 5.54. The summed E-state index contributed by atoms with van der Waals surface area (Å²) in [6.45, 7) is 1.90. The molecule has 2 aliphatic rings. The molecular formula is C13H15BrClF2NO. The second-order valence-corrected chi connectivity index (χ2v) is 5.71. The monoisotopic (exact) mass is 353 g/mol. The Morgan fingerprint density at radius 1 is 1.42 bits per heavy atom. The van der Waals surface area contributed by atoms with E-state index in [1.165, 1.54) is 11.1 Å². The van der Waals surface area contributed by atoms with Crippen LogP contribution in [0.25, 0.3) is 0 Å². The standard InChI is InChI=1S/C13H14BrF2NO.ClH/c14-12-10-3-4-17-6-8(10)1-2-11(12)18-7-9-5-13(9,15)16;/h1-2,9,17H,3-7H2;1H. The number of nitrogens with one attached hydrogen (secondary N) is 1. The lowest BCUT2D eigenvalue weighted by atomic mass is 10.0. The highest BCUT2D eigenvalue weighted by Gasteiger charge is 2.57. The van der Waals surface area contributed by atoms with Crippen molar-refractivity contribution in [3.05, 3.63) is 27.7 Å². The number of ether oxygens (including phenoxy) is 1. The summed E-state index contributed by atoms with van der Waals surface area (Å²) >= 11 is 3.53. The first-order valence-electron chi connectivity index (χ1n) is 6.09. The van der Waals surface area contributed by atoms with Crippen molar-refractivity contribution in [2.75, 3.05) is 13.2 Å². The molecule has 0 spiro atoms. The first kappa shape index (κ1) is 15.0. The summed E-state index contributed by atoms with van der Waals surface area (Å²) in [4.78, 5) is 0. The second-order valence-electron chi connectivity index (χ2n) is 4.92. The molecule has 19 heavy (non-hydrogen) atoms.